The lowest BCUT2D eigenvalue weighted by atomic mass is 10.2. The van der Waals surface area contributed by atoms with Crippen LogP contribution in [0.25, 0.3) is 0 Å². The van der Waals surface area contributed by atoms with Gasteiger partial charge < -0.3 is 15.0 Å². The summed E-state index contributed by atoms with van der Waals surface area (Å²) in [5.41, 5.74) is 3.23. The molecule has 1 aliphatic heterocycles. The second kappa shape index (κ2) is 9.27. The summed E-state index contributed by atoms with van der Waals surface area (Å²) in [5.74, 6) is 1.30. The molecule has 2 aromatic rings. The Kier molecular flexibility index (Phi) is 6.78. The van der Waals surface area contributed by atoms with E-state index in [1.807, 2.05) is 24.3 Å². The molecule has 3 rings (SSSR count). The lowest BCUT2D eigenvalue weighted by Crippen LogP contribution is -2.36. The number of halogens is 1. The molecular formula is C19H21BrN2O2S. The van der Waals surface area contributed by atoms with Crippen LogP contribution in [0.4, 0.5) is 11.4 Å². The molecule has 2 aromatic carbocycles. The van der Waals surface area contributed by atoms with Gasteiger partial charge in [-0.3, -0.25) is 4.79 Å². The number of anilines is 2. The van der Waals surface area contributed by atoms with Crippen molar-refractivity contribution in [3.8, 4) is 0 Å². The van der Waals surface area contributed by atoms with Crippen LogP contribution < -0.4 is 10.2 Å². The van der Waals surface area contributed by atoms with Crippen LogP contribution in [0, 0.1) is 0 Å². The Hall–Kier alpha value is -1.50. The third-order valence-electron chi connectivity index (χ3n) is 3.94. The summed E-state index contributed by atoms with van der Waals surface area (Å²) in [6.45, 7) is 3.37. The van der Waals surface area contributed by atoms with Gasteiger partial charge in [-0.25, -0.2) is 0 Å². The van der Waals surface area contributed by atoms with Gasteiger partial charge in [0.1, 0.15) is 0 Å². The van der Waals surface area contributed by atoms with Gasteiger partial charge in [0.15, 0.2) is 0 Å². The minimum absolute atomic E-state index is 0.0289. The van der Waals surface area contributed by atoms with E-state index in [2.05, 4.69) is 50.4 Å². The standard InChI is InChI=1S/C19H21BrN2O2S/c20-16-3-1-15(2-4-16)13-25-14-19(23)21-17-5-7-18(8-6-17)22-9-11-24-12-10-22/h1-8H,9-14H2,(H,21,23). The van der Waals surface area contributed by atoms with Gasteiger partial charge >= 0.3 is 0 Å². The fraction of sp³-hybridized carbons (Fsp3) is 0.316. The number of amides is 1. The molecule has 1 fully saturated rings. The van der Waals surface area contributed by atoms with Gasteiger partial charge in [0.2, 0.25) is 5.91 Å². The van der Waals surface area contributed by atoms with E-state index in [-0.39, 0.29) is 5.91 Å². The number of hydrogen-bond acceptors (Lipinski definition) is 4. The monoisotopic (exact) mass is 420 g/mol. The topological polar surface area (TPSA) is 41.6 Å². The summed E-state index contributed by atoms with van der Waals surface area (Å²) < 4.78 is 6.44. The molecule has 1 saturated heterocycles. The minimum atomic E-state index is 0.0289. The van der Waals surface area contributed by atoms with E-state index in [4.69, 9.17) is 4.74 Å². The Balaban J connectivity index is 1.43. The van der Waals surface area contributed by atoms with E-state index in [1.165, 1.54) is 11.3 Å². The SMILES string of the molecule is O=C(CSCc1ccc(Br)cc1)Nc1ccc(N2CCOCC2)cc1. The van der Waals surface area contributed by atoms with Crippen molar-refractivity contribution in [2.45, 2.75) is 5.75 Å². The van der Waals surface area contributed by atoms with Crippen LogP contribution in [-0.2, 0) is 15.3 Å². The summed E-state index contributed by atoms with van der Waals surface area (Å²) >= 11 is 5.04. The zero-order valence-corrected chi connectivity index (χ0v) is 16.3. The van der Waals surface area contributed by atoms with Crippen molar-refractivity contribution >= 4 is 45.0 Å². The van der Waals surface area contributed by atoms with Gasteiger partial charge in [0.25, 0.3) is 0 Å². The van der Waals surface area contributed by atoms with Gasteiger partial charge in [0, 0.05) is 34.7 Å². The lowest BCUT2D eigenvalue weighted by molar-refractivity contribution is -0.113. The molecule has 132 valence electrons. The molecule has 0 saturated carbocycles. The molecule has 0 radical (unpaired) electrons. The van der Waals surface area contributed by atoms with E-state index >= 15 is 0 Å². The highest BCUT2D eigenvalue weighted by Crippen LogP contribution is 2.20. The zero-order valence-electron chi connectivity index (χ0n) is 13.9. The van der Waals surface area contributed by atoms with Crippen molar-refractivity contribution in [1.29, 1.82) is 0 Å². The number of carbonyl (C=O) groups is 1. The first-order valence-corrected chi connectivity index (χ1v) is 10.2. The fourth-order valence-electron chi connectivity index (χ4n) is 2.62. The average Bonchev–Trinajstić information content (AvgIpc) is 2.65. The maximum Gasteiger partial charge on any atom is 0.234 e. The highest BCUT2D eigenvalue weighted by atomic mass is 79.9. The second-order valence-electron chi connectivity index (χ2n) is 5.81. The molecular weight excluding hydrogens is 400 g/mol. The molecule has 1 heterocycles. The van der Waals surface area contributed by atoms with Crippen LogP contribution in [0.15, 0.2) is 53.0 Å². The largest absolute Gasteiger partial charge is 0.378 e. The minimum Gasteiger partial charge on any atom is -0.378 e. The molecule has 1 N–H and O–H groups in total. The van der Waals surface area contributed by atoms with Gasteiger partial charge in [-0.15, -0.1) is 11.8 Å². The van der Waals surface area contributed by atoms with Crippen LogP contribution in [0.3, 0.4) is 0 Å². The van der Waals surface area contributed by atoms with Crippen molar-refractivity contribution in [3.05, 3.63) is 58.6 Å². The molecule has 0 unspecified atom stereocenters. The number of hydrogen-bond donors (Lipinski definition) is 1. The molecule has 0 aromatic heterocycles. The third kappa shape index (κ3) is 5.76. The Bertz CT molecular complexity index is 686. The van der Waals surface area contributed by atoms with Gasteiger partial charge in [0.05, 0.1) is 19.0 Å². The summed E-state index contributed by atoms with van der Waals surface area (Å²) in [4.78, 5) is 14.4. The number of benzene rings is 2. The molecule has 0 bridgehead atoms. The van der Waals surface area contributed by atoms with Crippen LogP contribution in [0.5, 0.6) is 0 Å². The van der Waals surface area contributed by atoms with E-state index in [0.717, 1.165) is 42.2 Å². The third-order valence-corrected chi connectivity index (χ3v) is 5.47. The molecule has 1 aliphatic rings. The molecule has 25 heavy (non-hydrogen) atoms. The Labute approximate surface area is 161 Å². The predicted molar refractivity (Wildman–Crippen MR) is 108 cm³/mol. The Morgan fingerprint density at radius 2 is 1.76 bits per heavy atom. The van der Waals surface area contributed by atoms with E-state index in [0.29, 0.717) is 5.75 Å². The average molecular weight is 421 g/mol. The number of nitrogens with zero attached hydrogens (tertiary/aromatic N) is 1. The molecule has 0 spiro atoms. The van der Waals surface area contributed by atoms with Crippen molar-refractivity contribution in [3.63, 3.8) is 0 Å². The van der Waals surface area contributed by atoms with Crippen LogP contribution in [-0.4, -0.2) is 38.0 Å². The number of nitrogens with one attached hydrogen (secondary N) is 1. The summed E-state index contributed by atoms with van der Waals surface area (Å²) in [7, 11) is 0. The summed E-state index contributed by atoms with van der Waals surface area (Å²) in [5, 5.41) is 2.96. The van der Waals surface area contributed by atoms with E-state index < -0.39 is 0 Å². The normalized spacial score (nSPS) is 14.4. The maximum atomic E-state index is 12.1. The zero-order chi connectivity index (χ0) is 17.5. The van der Waals surface area contributed by atoms with Crippen LogP contribution in [0.1, 0.15) is 5.56 Å². The highest BCUT2D eigenvalue weighted by Gasteiger charge is 2.11. The maximum absolute atomic E-state index is 12.1. The van der Waals surface area contributed by atoms with Crippen LogP contribution >= 0.6 is 27.7 Å². The smallest absolute Gasteiger partial charge is 0.234 e. The predicted octanol–water partition coefficient (Wildman–Crippen LogP) is 4.16. The molecule has 4 nitrogen and oxygen atoms in total. The molecule has 1 amide bonds. The van der Waals surface area contributed by atoms with Crippen LogP contribution in [0.2, 0.25) is 0 Å². The number of carbonyl (C=O) groups excluding carboxylic acids is 1. The first-order valence-electron chi connectivity index (χ1n) is 8.25. The second-order valence-corrected chi connectivity index (χ2v) is 7.72. The highest BCUT2D eigenvalue weighted by molar-refractivity contribution is 9.10. The quantitative estimate of drug-likeness (QED) is 0.761. The summed E-state index contributed by atoms with van der Waals surface area (Å²) in [6.07, 6.45) is 0. The van der Waals surface area contributed by atoms with Gasteiger partial charge in [-0.1, -0.05) is 28.1 Å². The van der Waals surface area contributed by atoms with Crippen molar-refractivity contribution in [2.75, 3.05) is 42.3 Å². The Morgan fingerprint density at radius 3 is 2.44 bits per heavy atom. The van der Waals surface area contributed by atoms with Crippen molar-refractivity contribution < 1.29 is 9.53 Å². The molecule has 0 aliphatic carbocycles. The van der Waals surface area contributed by atoms with Gasteiger partial charge in [-0.05, 0) is 42.0 Å². The van der Waals surface area contributed by atoms with E-state index in [1.54, 1.807) is 11.8 Å². The van der Waals surface area contributed by atoms with Crippen molar-refractivity contribution in [1.82, 2.24) is 0 Å². The first kappa shape index (κ1) is 18.3. The summed E-state index contributed by atoms with van der Waals surface area (Å²) in [6, 6.07) is 16.2. The number of ether oxygens (including phenoxy) is 1. The first-order chi connectivity index (χ1) is 12.2. The lowest BCUT2D eigenvalue weighted by Gasteiger charge is -2.28. The van der Waals surface area contributed by atoms with E-state index in [9.17, 15) is 4.79 Å². The number of morpholine rings is 1. The van der Waals surface area contributed by atoms with Gasteiger partial charge in [-0.2, -0.15) is 0 Å². The van der Waals surface area contributed by atoms with Crippen molar-refractivity contribution in [2.24, 2.45) is 0 Å². The Morgan fingerprint density at radius 1 is 1.08 bits per heavy atom. The number of rotatable bonds is 6. The fourth-order valence-corrected chi connectivity index (χ4v) is 3.67. The molecule has 0 atom stereocenters. The molecule has 6 heteroatoms. The number of thioether (sulfide) groups is 1.